The molecular weight excluding hydrogens is 274 g/mol. The Kier molecular flexibility index (Phi) is 2.38. The second kappa shape index (κ2) is 4.40. The molecule has 0 bridgehead atoms. The molecular formula is C17H15N5. The molecule has 5 rings (SSSR count). The highest BCUT2D eigenvalue weighted by Crippen LogP contribution is 2.36. The molecule has 0 saturated heterocycles. The summed E-state index contributed by atoms with van der Waals surface area (Å²) in [4.78, 5) is 12.3. The van der Waals surface area contributed by atoms with Crippen molar-refractivity contribution in [2.75, 3.05) is 0 Å². The predicted molar refractivity (Wildman–Crippen MR) is 84.7 cm³/mol. The van der Waals surface area contributed by atoms with Crippen molar-refractivity contribution in [2.24, 2.45) is 0 Å². The van der Waals surface area contributed by atoms with Crippen molar-refractivity contribution in [3.05, 3.63) is 48.7 Å². The number of nitrogens with zero attached hydrogens (tertiary/aromatic N) is 4. The summed E-state index contributed by atoms with van der Waals surface area (Å²) >= 11 is 0. The largest absolute Gasteiger partial charge is 0.346 e. The van der Waals surface area contributed by atoms with Crippen LogP contribution in [-0.2, 0) is 0 Å². The minimum absolute atomic E-state index is 0.655. The number of aromatic nitrogens is 5. The first-order chi connectivity index (χ1) is 10.9. The van der Waals surface area contributed by atoms with E-state index in [1.54, 1.807) is 10.8 Å². The van der Waals surface area contributed by atoms with Crippen LogP contribution in [0.2, 0.25) is 0 Å². The smallest absolute Gasteiger partial charge is 0.155 e. The molecule has 22 heavy (non-hydrogen) atoms. The Morgan fingerprint density at radius 2 is 2.09 bits per heavy atom. The lowest BCUT2D eigenvalue weighted by Crippen LogP contribution is -2.10. The number of fused-ring (bicyclic) bond motifs is 2. The molecule has 0 radical (unpaired) electrons. The van der Waals surface area contributed by atoms with Crippen LogP contribution in [0, 0.1) is 0 Å². The van der Waals surface area contributed by atoms with Gasteiger partial charge in [0.1, 0.15) is 12.0 Å². The van der Waals surface area contributed by atoms with E-state index in [1.807, 2.05) is 18.5 Å². The first-order valence-corrected chi connectivity index (χ1v) is 7.66. The number of rotatable bonds is 2. The molecule has 1 aliphatic rings. The zero-order chi connectivity index (χ0) is 14.5. The molecule has 1 saturated carbocycles. The zero-order valence-electron chi connectivity index (χ0n) is 12.0. The van der Waals surface area contributed by atoms with Gasteiger partial charge >= 0.3 is 0 Å². The summed E-state index contributed by atoms with van der Waals surface area (Å²) in [7, 11) is 0. The molecule has 1 aliphatic carbocycles. The Balaban J connectivity index is 1.64. The van der Waals surface area contributed by atoms with Gasteiger partial charge in [-0.05, 0) is 37.1 Å². The number of nitrogens with one attached hydrogen (secondary N) is 1. The second-order valence-electron chi connectivity index (χ2n) is 5.94. The highest BCUT2D eigenvalue weighted by atomic mass is 15.3. The van der Waals surface area contributed by atoms with Gasteiger partial charge in [-0.15, -0.1) is 0 Å². The first kappa shape index (κ1) is 11.9. The van der Waals surface area contributed by atoms with E-state index in [1.165, 1.54) is 25.0 Å². The van der Waals surface area contributed by atoms with Gasteiger partial charge in [-0.1, -0.05) is 6.42 Å². The van der Waals surface area contributed by atoms with Crippen molar-refractivity contribution < 1.29 is 0 Å². The average molecular weight is 289 g/mol. The van der Waals surface area contributed by atoms with E-state index in [-0.39, 0.29) is 0 Å². The third-order valence-corrected chi connectivity index (χ3v) is 4.67. The molecule has 1 fully saturated rings. The van der Waals surface area contributed by atoms with Crippen LogP contribution < -0.4 is 0 Å². The van der Waals surface area contributed by atoms with E-state index in [0.29, 0.717) is 5.92 Å². The van der Waals surface area contributed by atoms with Crippen LogP contribution in [0.15, 0.2) is 43.0 Å². The molecule has 1 N–H and O–H groups in total. The maximum atomic E-state index is 4.81. The summed E-state index contributed by atoms with van der Waals surface area (Å²) in [6.07, 6.45) is 9.48. The molecule has 5 nitrogen and oxygen atoms in total. The molecule has 0 spiro atoms. The summed E-state index contributed by atoms with van der Waals surface area (Å²) in [5.74, 6) is 0.655. The molecule has 4 aromatic heterocycles. The summed E-state index contributed by atoms with van der Waals surface area (Å²) in [6.45, 7) is 0. The number of hydrogen-bond acceptors (Lipinski definition) is 3. The fourth-order valence-electron chi connectivity index (χ4n) is 3.17. The van der Waals surface area contributed by atoms with Gasteiger partial charge in [-0.3, -0.25) is 0 Å². The number of pyridine rings is 2. The first-order valence-electron chi connectivity index (χ1n) is 7.66. The zero-order valence-corrected chi connectivity index (χ0v) is 12.0. The van der Waals surface area contributed by atoms with E-state index in [4.69, 9.17) is 4.98 Å². The molecule has 0 unspecified atom stereocenters. The Labute approximate surface area is 127 Å². The number of H-pyrrole nitrogens is 1. The average Bonchev–Trinajstić information content (AvgIpc) is 3.10. The van der Waals surface area contributed by atoms with Crippen molar-refractivity contribution in [3.63, 3.8) is 0 Å². The highest BCUT2D eigenvalue weighted by molar-refractivity contribution is 5.93. The van der Waals surface area contributed by atoms with Gasteiger partial charge in [0.25, 0.3) is 0 Å². The van der Waals surface area contributed by atoms with Gasteiger partial charge < -0.3 is 4.98 Å². The van der Waals surface area contributed by atoms with Gasteiger partial charge in [0, 0.05) is 40.5 Å². The number of aromatic amines is 1. The van der Waals surface area contributed by atoms with Crippen LogP contribution in [0.1, 0.15) is 30.9 Å². The third-order valence-electron chi connectivity index (χ3n) is 4.67. The van der Waals surface area contributed by atoms with Crippen molar-refractivity contribution in [1.82, 2.24) is 24.6 Å². The fourth-order valence-corrected chi connectivity index (χ4v) is 3.17. The SMILES string of the molecule is c1nc2ccc(-c3c[nH]c4nc(C5CCC5)ccc34)cn2n1. The van der Waals surface area contributed by atoms with Crippen LogP contribution in [0.4, 0.5) is 0 Å². The van der Waals surface area contributed by atoms with Crippen LogP contribution in [0.25, 0.3) is 27.8 Å². The molecule has 0 aliphatic heterocycles. The Morgan fingerprint density at radius 1 is 1.14 bits per heavy atom. The maximum Gasteiger partial charge on any atom is 0.155 e. The molecule has 0 atom stereocenters. The summed E-state index contributed by atoms with van der Waals surface area (Å²) < 4.78 is 1.80. The Morgan fingerprint density at radius 3 is 2.95 bits per heavy atom. The lowest BCUT2D eigenvalue weighted by Gasteiger charge is -2.24. The van der Waals surface area contributed by atoms with Crippen molar-refractivity contribution in [1.29, 1.82) is 0 Å². The van der Waals surface area contributed by atoms with E-state index in [9.17, 15) is 0 Å². The molecule has 0 aromatic carbocycles. The van der Waals surface area contributed by atoms with Crippen LogP contribution in [0.5, 0.6) is 0 Å². The topological polar surface area (TPSA) is 58.9 Å². The second-order valence-corrected chi connectivity index (χ2v) is 5.94. The minimum atomic E-state index is 0.655. The van der Waals surface area contributed by atoms with Crippen LogP contribution in [-0.4, -0.2) is 24.6 Å². The third kappa shape index (κ3) is 1.68. The monoisotopic (exact) mass is 289 g/mol. The molecule has 5 heteroatoms. The van der Waals surface area contributed by atoms with Gasteiger partial charge in [0.05, 0.1) is 0 Å². The van der Waals surface area contributed by atoms with Gasteiger partial charge in [0.2, 0.25) is 0 Å². The Bertz CT molecular complexity index is 977. The fraction of sp³-hybridized carbons (Fsp3) is 0.235. The van der Waals surface area contributed by atoms with E-state index >= 15 is 0 Å². The maximum absolute atomic E-state index is 4.81. The molecule has 0 amide bonds. The van der Waals surface area contributed by atoms with Crippen LogP contribution in [0.3, 0.4) is 0 Å². The minimum Gasteiger partial charge on any atom is -0.346 e. The lowest BCUT2D eigenvalue weighted by atomic mass is 9.82. The standard InChI is InChI=1S/C17H15N5/c1-2-11(3-1)15-6-5-13-14(8-18-17(13)21-15)12-4-7-16-19-10-20-22(16)9-12/h4-11H,1-3H2,(H,18,21). The van der Waals surface area contributed by atoms with E-state index in [2.05, 4.69) is 33.3 Å². The van der Waals surface area contributed by atoms with Crippen molar-refractivity contribution in [3.8, 4) is 11.1 Å². The van der Waals surface area contributed by atoms with Crippen molar-refractivity contribution >= 4 is 16.7 Å². The predicted octanol–water partition coefficient (Wildman–Crippen LogP) is 3.54. The summed E-state index contributed by atoms with van der Waals surface area (Å²) in [6, 6.07) is 8.43. The van der Waals surface area contributed by atoms with E-state index < -0.39 is 0 Å². The molecule has 108 valence electrons. The van der Waals surface area contributed by atoms with Crippen molar-refractivity contribution in [2.45, 2.75) is 25.2 Å². The quantitative estimate of drug-likeness (QED) is 0.614. The Hall–Kier alpha value is -2.69. The van der Waals surface area contributed by atoms with Gasteiger partial charge in [-0.2, -0.15) is 5.10 Å². The van der Waals surface area contributed by atoms with E-state index in [0.717, 1.165) is 27.8 Å². The number of hydrogen-bond donors (Lipinski definition) is 1. The molecule has 4 heterocycles. The van der Waals surface area contributed by atoms with Gasteiger partial charge in [0.15, 0.2) is 5.65 Å². The van der Waals surface area contributed by atoms with Crippen LogP contribution >= 0.6 is 0 Å². The molecule has 4 aromatic rings. The van der Waals surface area contributed by atoms with Gasteiger partial charge in [-0.25, -0.2) is 14.5 Å². The summed E-state index contributed by atoms with van der Waals surface area (Å²) in [5.41, 5.74) is 5.31. The lowest BCUT2D eigenvalue weighted by molar-refractivity contribution is 0.412. The summed E-state index contributed by atoms with van der Waals surface area (Å²) in [5, 5.41) is 5.36. The normalized spacial score (nSPS) is 15.5. The highest BCUT2D eigenvalue weighted by Gasteiger charge is 2.21.